The summed E-state index contributed by atoms with van der Waals surface area (Å²) in [4.78, 5) is 50.3. The van der Waals surface area contributed by atoms with Crippen molar-refractivity contribution in [1.82, 2.24) is 14.9 Å². The van der Waals surface area contributed by atoms with Crippen molar-refractivity contribution in [3.8, 4) is 11.1 Å². The molecule has 11 nitrogen and oxygen atoms in total. The summed E-state index contributed by atoms with van der Waals surface area (Å²) >= 11 is 6.52. The van der Waals surface area contributed by atoms with Crippen LogP contribution in [0.25, 0.3) is 21.9 Å². The fourth-order valence-corrected chi connectivity index (χ4v) is 6.98. The number of amides is 3. The molecule has 1 spiro atoms. The van der Waals surface area contributed by atoms with Crippen LogP contribution in [0.5, 0.6) is 0 Å². The quantitative estimate of drug-likeness (QED) is 0.276. The molecule has 3 aliphatic rings. The molecule has 3 aromatic rings. The molecule has 1 saturated heterocycles. The lowest BCUT2D eigenvalue weighted by molar-refractivity contribution is -0.125. The topological polar surface area (TPSA) is 123 Å². The van der Waals surface area contributed by atoms with Crippen LogP contribution in [-0.4, -0.2) is 70.1 Å². The van der Waals surface area contributed by atoms with Crippen LogP contribution in [0.3, 0.4) is 0 Å². The van der Waals surface area contributed by atoms with E-state index in [-0.39, 0.29) is 34.0 Å². The molecule has 3 amide bonds. The van der Waals surface area contributed by atoms with Crippen molar-refractivity contribution in [3.05, 3.63) is 46.6 Å². The van der Waals surface area contributed by atoms with Crippen LogP contribution >= 0.6 is 11.6 Å². The highest BCUT2D eigenvalue weighted by molar-refractivity contribution is 6.36. The molecule has 48 heavy (non-hydrogen) atoms. The predicted molar refractivity (Wildman–Crippen MR) is 180 cm³/mol. The van der Waals surface area contributed by atoms with Gasteiger partial charge in [-0.05, 0) is 97.2 Å². The molecular weight excluding hydrogens is 641 g/mol. The summed E-state index contributed by atoms with van der Waals surface area (Å²) in [5.74, 6) is -0.429. The van der Waals surface area contributed by atoms with Crippen molar-refractivity contribution in [2.24, 2.45) is 5.41 Å². The number of pyridine rings is 2. The molecule has 4 heterocycles. The molecule has 2 aliphatic heterocycles. The average molecular weight is 682 g/mol. The van der Waals surface area contributed by atoms with Crippen molar-refractivity contribution in [2.75, 3.05) is 29.9 Å². The number of hydrogen-bond acceptors (Lipinski definition) is 8. The largest absolute Gasteiger partial charge is 0.446 e. The average Bonchev–Trinajstić information content (AvgIpc) is 2.93. The molecule has 0 unspecified atom stereocenters. The van der Waals surface area contributed by atoms with E-state index >= 15 is 4.39 Å². The second kappa shape index (κ2) is 12.0. The van der Waals surface area contributed by atoms with Gasteiger partial charge in [-0.2, -0.15) is 0 Å². The molecule has 1 aromatic carbocycles. The molecule has 2 fully saturated rings. The molecule has 0 radical (unpaired) electrons. The van der Waals surface area contributed by atoms with E-state index in [1.807, 2.05) is 48.5 Å². The Bertz CT molecular complexity index is 1810. The van der Waals surface area contributed by atoms with Gasteiger partial charge in [0.15, 0.2) is 0 Å². The van der Waals surface area contributed by atoms with Crippen LogP contribution in [-0.2, 0) is 20.6 Å². The van der Waals surface area contributed by atoms with Crippen LogP contribution in [0.4, 0.5) is 30.3 Å². The minimum absolute atomic E-state index is 0.0477. The zero-order chi connectivity index (χ0) is 34.8. The number of carbonyl (C=O) groups is 3. The Labute approximate surface area is 284 Å². The van der Waals surface area contributed by atoms with E-state index in [0.29, 0.717) is 66.5 Å². The molecular formula is C35H41ClFN5O6. The van der Waals surface area contributed by atoms with Gasteiger partial charge in [0.25, 0.3) is 0 Å². The summed E-state index contributed by atoms with van der Waals surface area (Å²) in [5, 5.41) is 3.46. The number of rotatable bonds is 3. The minimum Gasteiger partial charge on any atom is -0.446 e. The van der Waals surface area contributed by atoms with Gasteiger partial charge < -0.3 is 19.1 Å². The fourth-order valence-electron chi connectivity index (χ4n) is 6.72. The minimum atomic E-state index is -0.681. The summed E-state index contributed by atoms with van der Waals surface area (Å²) in [7, 11) is 0. The standard InChI is InChI=1S/C35H41ClFN5O6/c1-19-23(15-38-25-9-8-10-42(29(19)25)32(45)48-34(5,6)7)22-11-20-12-26(39-16-24(20)27(36)28(22)37)40-30(43)46-21-13-35(14-21)17-41(18-35)31(44)47-33(2,3)4/h11-12,15-16,21H,8-10,13-14,17-18H2,1-7H3,(H,39,40,43). The van der Waals surface area contributed by atoms with Crippen LogP contribution in [0.1, 0.15) is 72.1 Å². The van der Waals surface area contributed by atoms with Gasteiger partial charge in [-0.15, -0.1) is 0 Å². The lowest BCUT2D eigenvalue weighted by atomic mass is 9.62. The number of likely N-dealkylation sites (tertiary alicyclic amines) is 1. The monoisotopic (exact) mass is 681 g/mol. The normalized spacial score (nSPS) is 17.4. The number of nitrogens with one attached hydrogen (secondary N) is 1. The number of nitrogens with zero attached hydrogens (tertiary/aromatic N) is 4. The molecule has 1 N–H and O–H groups in total. The lowest BCUT2D eigenvalue weighted by Crippen LogP contribution is -2.66. The molecule has 13 heteroatoms. The second-order valence-corrected chi connectivity index (χ2v) is 15.4. The maximum Gasteiger partial charge on any atom is 0.414 e. The molecule has 6 rings (SSSR count). The van der Waals surface area contributed by atoms with E-state index in [2.05, 4.69) is 15.3 Å². The zero-order valence-electron chi connectivity index (χ0n) is 28.3. The SMILES string of the molecule is Cc1c(-c2cc3cc(NC(=O)OC4CC5(C4)CN(C(=O)OC(C)(C)C)C5)ncc3c(Cl)c2F)cnc2c1N(C(=O)OC(C)(C)C)CCC2. The lowest BCUT2D eigenvalue weighted by Gasteiger charge is -2.57. The Morgan fingerprint density at radius 1 is 0.979 bits per heavy atom. The van der Waals surface area contributed by atoms with E-state index in [1.165, 1.54) is 6.20 Å². The van der Waals surface area contributed by atoms with Crippen molar-refractivity contribution in [1.29, 1.82) is 0 Å². The third kappa shape index (κ3) is 6.72. The maximum absolute atomic E-state index is 15.8. The number of ether oxygens (including phenoxy) is 3. The van der Waals surface area contributed by atoms with Gasteiger partial charge in [-0.1, -0.05) is 11.6 Å². The molecule has 2 aromatic heterocycles. The Hall–Kier alpha value is -4.19. The number of benzene rings is 1. The first-order valence-electron chi connectivity index (χ1n) is 16.1. The van der Waals surface area contributed by atoms with Gasteiger partial charge in [0.1, 0.15) is 28.9 Å². The zero-order valence-corrected chi connectivity index (χ0v) is 29.1. The van der Waals surface area contributed by atoms with Gasteiger partial charge in [0, 0.05) is 54.0 Å². The Kier molecular flexibility index (Phi) is 8.46. The van der Waals surface area contributed by atoms with Crippen LogP contribution in [0, 0.1) is 18.2 Å². The molecule has 1 saturated carbocycles. The van der Waals surface area contributed by atoms with Gasteiger partial charge in [-0.25, -0.2) is 23.8 Å². The van der Waals surface area contributed by atoms with Gasteiger partial charge in [-0.3, -0.25) is 15.2 Å². The third-order valence-electron chi connectivity index (χ3n) is 8.78. The third-order valence-corrected chi connectivity index (χ3v) is 9.15. The Balaban J connectivity index is 1.16. The number of halogens is 2. The summed E-state index contributed by atoms with van der Waals surface area (Å²) in [6.45, 7) is 14.4. The Morgan fingerprint density at radius 3 is 2.31 bits per heavy atom. The summed E-state index contributed by atoms with van der Waals surface area (Å²) < 4.78 is 32.5. The smallest absolute Gasteiger partial charge is 0.414 e. The molecule has 0 atom stereocenters. The molecule has 0 bridgehead atoms. The second-order valence-electron chi connectivity index (χ2n) is 15.1. The first-order chi connectivity index (χ1) is 22.4. The van der Waals surface area contributed by atoms with Crippen molar-refractivity contribution in [3.63, 3.8) is 0 Å². The highest BCUT2D eigenvalue weighted by Crippen LogP contribution is 2.50. The van der Waals surface area contributed by atoms with Crippen molar-refractivity contribution in [2.45, 2.75) is 91.5 Å². The van der Waals surface area contributed by atoms with Gasteiger partial charge in [0.05, 0.1) is 16.4 Å². The first-order valence-corrected chi connectivity index (χ1v) is 16.5. The molecule has 256 valence electrons. The number of aromatic nitrogens is 2. The summed E-state index contributed by atoms with van der Waals surface area (Å²) in [6.07, 6.45) is 3.98. The first kappa shape index (κ1) is 33.7. The van der Waals surface area contributed by atoms with Crippen molar-refractivity contribution >= 4 is 52.2 Å². The van der Waals surface area contributed by atoms with Crippen LogP contribution in [0.2, 0.25) is 5.02 Å². The number of anilines is 2. The number of hydrogen-bond donors (Lipinski definition) is 1. The highest BCUT2D eigenvalue weighted by atomic mass is 35.5. The fraction of sp³-hybridized carbons (Fsp3) is 0.514. The Morgan fingerprint density at radius 2 is 1.65 bits per heavy atom. The number of carbonyl (C=O) groups excluding carboxylic acids is 3. The van der Waals surface area contributed by atoms with Crippen molar-refractivity contribution < 1.29 is 33.0 Å². The van der Waals surface area contributed by atoms with Gasteiger partial charge in [0.2, 0.25) is 0 Å². The van der Waals surface area contributed by atoms with Crippen LogP contribution < -0.4 is 10.2 Å². The van der Waals surface area contributed by atoms with E-state index in [4.69, 9.17) is 25.8 Å². The summed E-state index contributed by atoms with van der Waals surface area (Å²) in [5.41, 5.74) is 1.43. The van der Waals surface area contributed by atoms with E-state index in [0.717, 1.165) is 12.1 Å². The highest BCUT2D eigenvalue weighted by Gasteiger charge is 2.55. The van der Waals surface area contributed by atoms with E-state index in [1.54, 1.807) is 28.1 Å². The molecule has 1 aliphatic carbocycles. The predicted octanol–water partition coefficient (Wildman–Crippen LogP) is 8.03. The van der Waals surface area contributed by atoms with Gasteiger partial charge >= 0.3 is 18.3 Å². The number of aryl methyl sites for hydroxylation is 1. The van der Waals surface area contributed by atoms with E-state index in [9.17, 15) is 14.4 Å². The van der Waals surface area contributed by atoms with E-state index < -0.39 is 29.2 Å². The van der Waals surface area contributed by atoms with Crippen LogP contribution in [0.15, 0.2) is 24.5 Å². The summed E-state index contributed by atoms with van der Waals surface area (Å²) in [6, 6.07) is 3.24. The maximum atomic E-state index is 15.8. The number of fused-ring (bicyclic) bond motifs is 2.